The maximum absolute atomic E-state index is 13.1. The van der Waals surface area contributed by atoms with Crippen molar-refractivity contribution in [1.29, 1.82) is 0 Å². The van der Waals surface area contributed by atoms with Crippen LogP contribution in [-0.4, -0.2) is 66.6 Å². The Labute approximate surface area is 180 Å². The lowest BCUT2D eigenvalue weighted by molar-refractivity contribution is 0.0691. The Balaban J connectivity index is 1.51. The Bertz CT molecular complexity index is 1220. The summed E-state index contributed by atoms with van der Waals surface area (Å²) in [5.74, 6) is -0.844. The minimum absolute atomic E-state index is 0.00575. The normalized spacial score (nSPS) is 15.2. The van der Waals surface area contributed by atoms with E-state index in [1.54, 1.807) is 19.1 Å². The molecule has 1 aromatic heterocycles. The van der Waals surface area contributed by atoms with E-state index in [-0.39, 0.29) is 36.0 Å². The SMILES string of the molecule is CCOc1nc(N2CCN(S(=O)(=O)c3ccc4ccccc4c3)CC2)ncc1C(=O)O. The quantitative estimate of drug-likeness (QED) is 0.618. The van der Waals surface area contributed by atoms with Crippen molar-refractivity contribution in [1.82, 2.24) is 14.3 Å². The van der Waals surface area contributed by atoms with E-state index in [0.717, 1.165) is 10.8 Å². The summed E-state index contributed by atoms with van der Waals surface area (Å²) in [7, 11) is -3.63. The molecule has 162 valence electrons. The van der Waals surface area contributed by atoms with Gasteiger partial charge in [-0.25, -0.2) is 18.2 Å². The number of aromatic nitrogens is 2. The van der Waals surface area contributed by atoms with Gasteiger partial charge >= 0.3 is 5.97 Å². The van der Waals surface area contributed by atoms with E-state index in [9.17, 15) is 18.3 Å². The first-order chi connectivity index (χ1) is 14.9. The number of ether oxygens (including phenoxy) is 1. The fourth-order valence-corrected chi connectivity index (χ4v) is 4.97. The Kier molecular flexibility index (Phi) is 5.75. The molecule has 2 heterocycles. The van der Waals surface area contributed by atoms with Crippen LogP contribution in [0.2, 0.25) is 0 Å². The molecule has 0 saturated carbocycles. The number of sulfonamides is 1. The Hall–Kier alpha value is -3.24. The molecule has 10 heteroatoms. The number of benzene rings is 2. The van der Waals surface area contributed by atoms with Crippen LogP contribution < -0.4 is 9.64 Å². The van der Waals surface area contributed by atoms with Crippen molar-refractivity contribution in [2.24, 2.45) is 0 Å². The molecule has 0 aliphatic carbocycles. The smallest absolute Gasteiger partial charge is 0.342 e. The van der Waals surface area contributed by atoms with Crippen LogP contribution in [0.4, 0.5) is 5.95 Å². The van der Waals surface area contributed by atoms with Crippen molar-refractivity contribution in [3.63, 3.8) is 0 Å². The van der Waals surface area contributed by atoms with E-state index in [4.69, 9.17) is 4.74 Å². The average molecular weight is 442 g/mol. The lowest BCUT2D eigenvalue weighted by Crippen LogP contribution is -2.49. The highest BCUT2D eigenvalue weighted by Crippen LogP contribution is 2.24. The van der Waals surface area contributed by atoms with Crippen LogP contribution in [0.1, 0.15) is 17.3 Å². The number of aromatic carboxylic acids is 1. The van der Waals surface area contributed by atoms with Crippen LogP contribution >= 0.6 is 0 Å². The predicted molar refractivity (Wildman–Crippen MR) is 115 cm³/mol. The van der Waals surface area contributed by atoms with Crippen LogP contribution in [-0.2, 0) is 10.0 Å². The molecule has 0 unspecified atom stereocenters. The van der Waals surface area contributed by atoms with Crippen molar-refractivity contribution in [2.45, 2.75) is 11.8 Å². The van der Waals surface area contributed by atoms with E-state index in [1.807, 2.05) is 35.2 Å². The number of hydrogen-bond acceptors (Lipinski definition) is 7. The van der Waals surface area contributed by atoms with E-state index < -0.39 is 16.0 Å². The van der Waals surface area contributed by atoms with E-state index in [1.165, 1.54) is 10.5 Å². The molecule has 2 aromatic carbocycles. The zero-order valence-corrected chi connectivity index (χ0v) is 17.7. The molecule has 0 spiro atoms. The van der Waals surface area contributed by atoms with Crippen molar-refractivity contribution in [3.8, 4) is 5.88 Å². The van der Waals surface area contributed by atoms with Crippen molar-refractivity contribution < 1.29 is 23.1 Å². The van der Waals surface area contributed by atoms with Gasteiger partial charge in [0.25, 0.3) is 0 Å². The van der Waals surface area contributed by atoms with Gasteiger partial charge in [-0.15, -0.1) is 0 Å². The van der Waals surface area contributed by atoms with E-state index >= 15 is 0 Å². The van der Waals surface area contributed by atoms with E-state index in [0.29, 0.717) is 19.0 Å². The summed E-state index contributed by atoms with van der Waals surface area (Å²) in [4.78, 5) is 21.8. The second-order valence-electron chi connectivity index (χ2n) is 7.03. The lowest BCUT2D eigenvalue weighted by atomic mass is 10.1. The minimum Gasteiger partial charge on any atom is -0.477 e. The highest BCUT2D eigenvalue weighted by Gasteiger charge is 2.30. The number of carbonyl (C=O) groups is 1. The fraction of sp³-hybridized carbons (Fsp3) is 0.286. The molecule has 0 radical (unpaired) electrons. The number of rotatable bonds is 6. The molecule has 0 amide bonds. The molecular weight excluding hydrogens is 420 g/mol. The van der Waals surface area contributed by atoms with Gasteiger partial charge in [0, 0.05) is 26.2 Å². The lowest BCUT2D eigenvalue weighted by Gasteiger charge is -2.34. The molecule has 1 saturated heterocycles. The minimum atomic E-state index is -3.63. The van der Waals surface area contributed by atoms with Gasteiger partial charge in [-0.1, -0.05) is 30.3 Å². The molecule has 4 rings (SSSR count). The number of anilines is 1. The zero-order chi connectivity index (χ0) is 22.0. The summed E-state index contributed by atoms with van der Waals surface area (Å²) < 4.78 is 33.0. The fourth-order valence-electron chi connectivity index (χ4n) is 3.51. The van der Waals surface area contributed by atoms with Crippen LogP contribution in [0.5, 0.6) is 5.88 Å². The zero-order valence-electron chi connectivity index (χ0n) is 16.9. The maximum Gasteiger partial charge on any atom is 0.342 e. The van der Waals surface area contributed by atoms with Crippen molar-refractivity contribution in [3.05, 3.63) is 54.2 Å². The van der Waals surface area contributed by atoms with Crippen molar-refractivity contribution >= 4 is 32.7 Å². The van der Waals surface area contributed by atoms with Crippen LogP contribution in [0, 0.1) is 0 Å². The molecule has 1 N–H and O–H groups in total. The van der Waals surface area contributed by atoms with Gasteiger partial charge in [-0.3, -0.25) is 0 Å². The van der Waals surface area contributed by atoms with Crippen LogP contribution in [0.3, 0.4) is 0 Å². The van der Waals surface area contributed by atoms with Gasteiger partial charge in [0.05, 0.1) is 17.7 Å². The molecule has 1 aliphatic rings. The maximum atomic E-state index is 13.1. The first-order valence-electron chi connectivity index (χ1n) is 9.87. The van der Waals surface area contributed by atoms with Gasteiger partial charge in [-0.2, -0.15) is 9.29 Å². The number of carboxylic acids is 1. The third kappa shape index (κ3) is 4.17. The summed E-state index contributed by atoms with van der Waals surface area (Å²) >= 11 is 0. The summed E-state index contributed by atoms with van der Waals surface area (Å²) in [6, 6.07) is 12.8. The summed E-state index contributed by atoms with van der Waals surface area (Å²) in [6.07, 6.45) is 1.22. The second-order valence-corrected chi connectivity index (χ2v) is 8.97. The standard InChI is InChI=1S/C21H22N4O5S/c1-2-30-19-18(20(26)27)14-22-21(23-19)24-9-11-25(12-10-24)31(28,29)17-8-7-15-5-3-4-6-16(15)13-17/h3-8,13-14H,2,9-12H2,1H3,(H,26,27). The van der Waals surface area contributed by atoms with Gasteiger partial charge in [0.2, 0.25) is 21.9 Å². The van der Waals surface area contributed by atoms with Gasteiger partial charge in [0.15, 0.2) is 0 Å². The van der Waals surface area contributed by atoms with E-state index in [2.05, 4.69) is 9.97 Å². The molecule has 0 atom stereocenters. The first-order valence-corrected chi connectivity index (χ1v) is 11.3. The number of hydrogen-bond donors (Lipinski definition) is 1. The molecule has 1 aliphatic heterocycles. The van der Waals surface area contributed by atoms with Crippen molar-refractivity contribution in [2.75, 3.05) is 37.7 Å². The molecule has 0 bridgehead atoms. The average Bonchev–Trinajstić information content (AvgIpc) is 2.79. The summed E-state index contributed by atoms with van der Waals surface area (Å²) in [5.41, 5.74) is -0.108. The summed E-state index contributed by atoms with van der Waals surface area (Å²) in [6.45, 7) is 3.31. The largest absolute Gasteiger partial charge is 0.477 e. The predicted octanol–water partition coefficient (Wildman–Crippen LogP) is 2.24. The molecule has 9 nitrogen and oxygen atoms in total. The third-order valence-corrected chi connectivity index (χ3v) is 7.03. The number of carboxylic acid groups (broad SMARTS) is 1. The third-order valence-electron chi connectivity index (χ3n) is 5.13. The molecular formula is C21H22N4O5S. The Morgan fingerprint density at radius 2 is 1.81 bits per heavy atom. The Morgan fingerprint density at radius 3 is 2.48 bits per heavy atom. The van der Waals surface area contributed by atoms with Gasteiger partial charge in [0.1, 0.15) is 5.56 Å². The number of piperazine rings is 1. The van der Waals surface area contributed by atoms with Crippen LogP contribution in [0.25, 0.3) is 10.8 Å². The second kappa shape index (κ2) is 8.48. The molecule has 1 fully saturated rings. The Morgan fingerprint density at radius 1 is 1.10 bits per heavy atom. The summed E-state index contributed by atoms with van der Waals surface area (Å²) in [5, 5.41) is 11.1. The molecule has 31 heavy (non-hydrogen) atoms. The van der Waals surface area contributed by atoms with Crippen LogP contribution in [0.15, 0.2) is 53.6 Å². The van der Waals surface area contributed by atoms with Gasteiger partial charge < -0.3 is 14.7 Å². The highest BCUT2D eigenvalue weighted by atomic mass is 32.2. The first kappa shape index (κ1) is 21.0. The molecule has 3 aromatic rings. The highest BCUT2D eigenvalue weighted by molar-refractivity contribution is 7.89. The van der Waals surface area contributed by atoms with Gasteiger partial charge in [-0.05, 0) is 29.8 Å². The monoisotopic (exact) mass is 442 g/mol. The number of fused-ring (bicyclic) bond motifs is 1. The number of nitrogens with zero attached hydrogens (tertiary/aromatic N) is 4. The topological polar surface area (TPSA) is 113 Å².